The maximum atomic E-state index is 12.6. The lowest BCUT2D eigenvalue weighted by Crippen LogP contribution is -2.33. The smallest absolute Gasteiger partial charge is 0.255 e. The third-order valence-corrected chi connectivity index (χ3v) is 3.95. The van der Waals surface area contributed by atoms with E-state index in [0.717, 1.165) is 12.1 Å². The standard InChI is InChI=1S/C20H25ClN2O2/c1-15(13-23(2)3)12-22-20(24)18-11-17(21)9-10-19(18)25-14-16-7-5-4-6-8-16/h4-11,15H,12-14H2,1-3H3,(H,22,24)/t15-/m0/s1. The van der Waals surface area contributed by atoms with Crippen molar-refractivity contribution < 1.29 is 9.53 Å². The van der Waals surface area contributed by atoms with E-state index in [1.54, 1.807) is 18.2 Å². The van der Waals surface area contributed by atoms with Crippen LogP contribution >= 0.6 is 11.6 Å². The molecule has 4 nitrogen and oxygen atoms in total. The molecule has 1 N–H and O–H groups in total. The number of amides is 1. The second kappa shape index (κ2) is 9.44. The van der Waals surface area contributed by atoms with E-state index >= 15 is 0 Å². The Bertz CT molecular complexity index is 689. The van der Waals surface area contributed by atoms with Crippen molar-refractivity contribution in [2.45, 2.75) is 13.5 Å². The van der Waals surface area contributed by atoms with Crippen LogP contribution in [0.25, 0.3) is 0 Å². The molecule has 0 aromatic heterocycles. The largest absolute Gasteiger partial charge is 0.488 e. The summed E-state index contributed by atoms with van der Waals surface area (Å²) in [5.74, 6) is 0.717. The van der Waals surface area contributed by atoms with Gasteiger partial charge in [0.15, 0.2) is 0 Å². The van der Waals surface area contributed by atoms with Crippen molar-refractivity contribution in [2.24, 2.45) is 5.92 Å². The molecule has 0 aliphatic rings. The summed E-state index contributed by atoms with van der Waals surface area (Å²) in [5.41, 5.74) is 1.50. The van der Waals surface area contributed by atoms with Crippen LogP contribution in [0, 0.1) is 5.92 Å². The number of rotatable bonds is 8. The molecule has 2 rings (SSSR count). The molecule has 0 spiro atoms. The molecule has 25 heavy (non-hydrogen) atoms. The van der Waals surface area contributed by atoms with Crippen LogP contribution in [0.15, 0.2) is 48.5 Å². The number of carbonyl (C=O) groups excluding carboxylic acids is 1. The molecular formula is C20H25ClN2O2. The minimum absolute atomic E-state index is 0.170. The summed E-state index contributed by atoms with van der Waals surface area (Å²) in [6.45, 7) is 4.01. The number of benzene rings is 2. The number of hydrogen-bond donors (Lipinski definition) is 1. The zero-order valence-corrected chi connectivity index (χ0v) is 15.7. The number of ether oxygens (including phenoxy) is 1. The molecule has 0 saturated carbocycles. The highest BCUT2D eigenvalue weighted by molar-refractivity contribution is 6.31. The highest BCUT2D eigenvalue weighted by Crippen LogP contribution is 2.24. The fourth-order valence-corrected chi connectivity index (χ4v) is 2.76. The van der Waals surface area contributed by atoms with Crippen molar-refractivity contribution >= 4 is 17.5 Å². The van der Waals surface area contributed by atoms with Gasteiger partial charge in [-0.3, -0.25) is 4.79 Å². The Morgan fingerprint density at radius 3 is 2.60 bits per heavy atom. The molecule has 0 saturated heterocycles. The molecule has 0 heterocycles. The van der Waals surface area contributed by atoms with Crippen LogP contribution in [-0.2, 0) is 6.61 Å². The summed E-state index contributed by atoms with van der Waals surface area (Å²) in [6, 6.07) is 15.0. The lowest BCUT2D eigenvalue weighted by atomic mass is 10.1. The maximum Gasteiger partial charge on any atom is 0.255 e. The Morgan fingerprint density at radius 2 is 1.92 bits per heavy atom. The highest BCUT2D eigenvalue weighted by Gasteiger charge is 2.15. The SMILES string of the molecule is C[C@@H](CNC(=O)c1cc(Cl)ccc1OCc1ccccc1)CN(C)C. The number of nitrogens with zero attached hydrogens (tertiary/aromatic N) is 1. The van der Waals surface area contributed by atoms with E-state index in [4.69, 9.17) is 16.3 Å². The van der Waals surface area contributed by atoms with Gasteiger partial charge in [-0.15, -0.1) is 0 Å². The van der Waals surface area contributed by atoms with Crippen molar-refractivity contribution in [3.8, 4) is 5.75 Å². The zero-order chi connectivity index (χ0) is 18.2. The Kier molecular flexibility index (Phi) is 7.29. The minimum Gasteiger partial charge on any atom is -0.488 e. The molecule has 0 radical (unpaired) electrons. The van der Waals surface area contributed by atoms with Crippen LogP contribution in [-0.4, -0.2) is 38.0 Å². The van der Waals surface area contributed by atoms with Crippen LogP contribution < -0.4 is 10.1 Å². The first kappa shape index (κ1) is 19.3. The normalized spacial score (nSPS) is 12.0. The minimum atomic E-state index is -0.170. The van der Waals surface area contributed by atoms with Gasteiger partial charge < -0.3 is 15.0 Å². The molecule has 2 aromatic carbocycles. The van der Waals surface area contributed by atoms with Gasteiger partial charge >= 0.3 is 0 Å². The molecule has 0 unspecified atom stereocenters. The van der Waals surface area contributed by atoms with Crippen LogP contribution in [0.1, 0.15) is 22.8 Å². The van der Waals surface area contributed by atoms with E-state index in [0.29, 0.717) is 35.4 Å². The van der Waals surface area contributed by atoms with Gasteiger partial charge in [-0.25, -0.2) is 0 Å². The topological polar surface area (TPSA) is 41.6 Å². The summed E-state index contributed by atoms with van der Waals surface area (Å²) in [7, 11) is 4.04. The Morgan fingerprint density at radius 1 is 1.20 bits per heavy atom. The molecule has 134 valence electrons. The number of nitrogens with one attached hydrogen (secondary N) is 1. The quantitative estimate of drug-likeness (QED) is 0.777. The summed E-state index contributed by atoms with van der Waals surface area (Å²) in [5, 5.41) is 3.48. The Balaban J connectivity index is 2.03. The predicted octanol–water partition coefficient (Wildman–Crippen LogP) is 3.85. The molecule has 0 fully saturated rings. The molecule has 1 atom stereocenters. The van der Waals surface area contributed by atoms with Crippen LogP contribution in [0.5, 0.6) is 5.75 Å². The summed E-state index contributed by atoms with van der Waals surface area (Å²) in [6.07, 6.45) is 0. The first-order valence-electron chi connectivity index (χ1n) is 8.35. The van der Waals surface area contributed by atoms with Crippen molar-refractivity contribution in [1.82, 2.24) is 10.2 Å². The van der Waals surface area contributed by atoms with E-state index in [1.807, 2.05) is 44.4 Å². The summed E-state index contributed by atoms with van der Waals surface area (Å²) < 4.78 is 5.84. The van der Waals surface area contributed by atoms with Gasteiger partial charge in [0, 0.05) is 18.1 Å². The predicted molar refractivity (Wildman–Crippen MR) is 102 cm³/mol. The lowest BCUT2D eigenvalue weighted by molar-refractivity contribution is 0.0941. The molecule has 0 aliphatic heterocycles. The average Bonchev–Trinajstić information content (AvgIpc) is 2.59. The van der Waals surface area contributed by atoms with E-state index in [-0.39, 0.29) is 5.91 Å². The van der Waals surface area contributed by atoms with Crippen molar-refractivity contribution in [3.05, 3.63) is 64.7 Å². The fraction of sp³-hybridized carbons (Fsp3) is 0.350. The molecule has 2 aromatic rings. The third kappa shape index (κ3) is 6.40. The van der Waals surface area contributed by atoms with E-state index in [9.17, 15) is 4.79 Å². The van der Waals surface area contributed by atoms with Gasteiger partial charge in [-0.05, 0) is 43.8 Å². The first-order valence-corrected chi connectivity index (χ1v) is 8.72. The van der Waals surface area contributed by atoms with Crippen molar-refractivity contribution in [2.75, 3.05) is 27.2 Å². The zero-order valence-electron chi connectivity index (χ0n) is 15.0. The second-order valence-electron chi connectivity index (χ2n) is 6.49. The lowest BCUT2D eigenvalue weighted by Gasteiger charge is -2.18. The molecule has 5 heteroatoms. The van der Waals surface area contributed by atoms with Crippen LogP contribution in [0.3, 0.4) is 0 Å². The van der Waals surface area contributed by atoms with Gasteiger partial charge in [0.1, 0.15) is 12.4 Å². The summed E-state index contributed by atoms with van der Waals surface area (Å²) >= 11 is 6.07. The Hall–Kier alpha value is -2.04. The highest BCUT2D eigenvalue weighted by atomic mass is 35.5. The van der Waals surface area contributed by atoms with Gasteiger partial charge in [0.2, 0.25) is 0 Å². The molecule has 0 bridgehead atoms. The third-order valence-electron chi connectivity index (χ3n) is 3.71. The average molecular weight is 361 g/mol. The Labute approximate surface area is 154 Å². The first-order chi connectivity index (χ1) is 12.0. The molecule has 0 aliphatic carbocycles. The van der Waals surface area contributed by atoms with E-state index in [1.165, 1.54) is 0 Å². The van der Waals surface area contributed by atoms with E-state index < -0.39 is 0 Å². The number of carbonyl (C=O) groups is 1. The number of halogens is 1. The fourth-order valence-electron chi connectivity index (χ4n) is 2.59. The van der Waals surface area contributed by atoms with E-state index in [2.05, 4.69) is 17.1 Å². The van der Waals surface area contributed by atoms with Gasteiger partial charge in [0.25, 0.3) is 5.91 Å². The van der Waals surface area contributed by atoms with Crippen molar-refractivity contribution in [1.29, 1.82) is 0 Å². The van der Waals surface area contributed by atoms with Gasteiger partial charge in [0.05, 0.1) is 5.56 Å². The van der Waals surface area contributed by atoms with Gasteiger partial charge in [-0.2, -0.15) is 0 Å². The summed E-state index contributed by atoms with van der Waals surface area (Å²) in [4.78, 5) is 14.7. The van der Waals surface area contributed by atoms with Crippen LogP contribution in [0.4, 0.5) is 0 Å². The molecule has 1 amide bonds. The van der Waals surface area contributed by atoms with Gasteiger partial charge in [-0.1, -0.05) is 48.9 Å². The van der Waals surface area contributed by atoms with Crippen molar-refractivity contribution in [3.63, 3.8) is 0 Å². The maximum absolute atomic E-state index is 12.6. The number of hydrogen-bond acceptors (Lipinski definition) is 3. The monoisotopic (exact) mass is 360 g/mol. The second-order valence-corrected chi connectivity index (χ2v) is 6.93. The van der Waals surface area contributed by atoms with Crippen LogP contribution in [0.2, 0.25) is 5.02 Å². The molecular weight excluding hydrogens is 336 g/mol.